The summed E-state index contributed by atoms with van der Waals surface area (Å²) in [6.45, 7) is 4.73. The van der Waals surface area contributed by atoms with Gasteiger partial charge in [0, 0.05) is 22.1 Å². The molecule has 1 aliphatic carbocycles. The highest BCUT2D eigenvalue weighted by atomic mass is 14.9. The maximum atomic E-state index is 5.32. The van der Waals surface area contributed by atoms with Crippen molar-refractivity contribution in [3.05, 3.63) is 193 Å². The molecule has 0 saturated heterocycles. The van der Waals surface area contributed by atoms with Crippen molar-refractivity contribution in [1.82, 2.24) is 9.97 Å². The van der Waals surface area contributed by atoms with Gasteiger partial charge in [-0.2, -0.15) is 0 Å². The molecule has 0 bridgehead atoms. The second-order valence-corrected chi connectivity index (χ2v) is 15.4. The summed E-state index contributed by atoms with van der Waals surface area (Å²) in [5.74, 6) is 0.712. The van der Waals surface area contributed by atoms with Gasteiger partial charge in [-0.15, -0.1) is 0 Å². The van der Waals surface area contributed by atoms with E-state index in [-0.39, 0.29) is 5.41 Å². The number of hydrogen-bond acceptors (Lipinski definition) is 2. The zero-order valence-electron chi connectivity index (χ0n) is 30.7. The Morgan fingerprint density at radius 1 is 0.345 bits per heavy atom. The Hall–Kier alpha value is -6.90. The topological polar surface area (TPSA) is 25.8 Å². The maximum absolute atomic E-state index is 5.32. The van der Waals surface area contributed by atoms with E-state index in [1.165, 1.54) is 71.1 Å². The zero-order chi connectivity index (χ0) is 36.7. The second-order valence-electron chi connectivity index (χ2n) is 15.4. The summed E-state index contributed by atoms with van der Waals surface area (Å²) in [5, 5.41) is 9.65. The van der Waals surface area contributed by atoms with Gasteiger partial charge in [-0.05, 0) is 107 Å². The van der Waals surface area contributed by atoms with Gasteiger partial charge < -0.3 is 0 Å². The normalized spacial score (nSPS) is 13.1. The highest BCUT2D eigenvalue weighted by Gasteiger charge is 2.37. The molecule has 1 aromatic heterocycles. The van der Waals surface area contributed by atoms with Crippen molar-refractivity contribution in [3.63, 3.8) is 0 Å². The van der Waals surface area contributed by atoms with E-state index in [0.29, 0.717) is 5.82 Å². The average molecular weight is 701 g/mol. The largest absolute Gasteiger partial charge is 0.228 e. The highest BCUT2D eigenvalue weighted by Crippen LogP contribution is 2.53. The quantitative estimate of drug-likeness (QED) is 0.183. The van der Waals surface area contributed by atoms with Crippen molar-refractivity contribution < 1.29 is 0 Å². The Labute approximate surface area is 320 Å². The van der Waals surface area contributed by atoms with Crippen LogP contribution in [0.2, 0.25) is 0 Å². The maximum Gasteiger partial charge on any atom is 0.160 e. The molecule has 0 radical (unpaired) electrons. The third-order valence-electron chi connectivity index (χ3n) is 11.8. The van der Waals surface area contributed by atoms with Crippen molar-refractivity contribution in [2.24, 2.45) is 0 Å². The Balaban J connectivity index is 1.09. The molecule has 0 N–H and O–H groups in total. The van der Waals surface area contributed by atoms with Crippen LogP contribution in [0.5, 0.6) is 0 Å². The third kappa shape index (κ3) is 5.02. The molecule has 2 nitrogen and oxygen atoms in total. The summed E-state index contributed by atoms with van der Waals surface area (Å²) in [6.07, 6.45) is 0. The van der Waals surface area contributed by atoms with Crippen LogP contribution < -0.4 is 0 Å². The fourth-order valence-corrected chi connectivity index (χ4v) is 9.02. The Morgan fingerprint density at radius 2 is 0.873 bits per heavy atom. The van der Waals surface area contributed by atoms with Crippen molar-refractivity contribution in [1.29, 1.82) is 0 Å². The number of aromatic nitrogens is 2. The van der Waals surface area contributed by atoms with Crippen LogP contribution in [0, 0.1) is 0 Å². The van der Waals surface area contributed by atoms with Crippen molar-refractivity contribution in [3.8, 4) is 56.2 Å². The molecule has 11 rings (SSSR count). The van der Waals surface area contributed by atoms with E-state index in [9.17, 15) is 0 Å². The van der Waals surface area contributed by atoms with Crippen LogP contribution in [0.1, 0.15) is 25.0 Å². The Kier molecular flexibility index (Phi) is 6.93. The summed E-state index contributed by atoms with van der Waals surface area (Å²) < 4.78 is 0. The summed E-state index contributed by atoms with van der Waals surface area (Å²) in [5.41, 5.74) is 12.8. The van der Waals surface area contributed by atoms with Crippen LogP contribution in [0.25, 0.3) is 99.2 Å². The van der Waals surface area contributed by atoms with Crippen LogP contribution in [-0.2, 0) is 5.41 Å². The van der Waals surface area contributed by atoms with E-state index < -0.39 is 0 Å². The van der Waals surface area contributed by atoms with E-state index in [0.717, 1.165) is 33.5 Å². The number of nitrogens with zero attached hydrogens (tertiary/aromatic N) is 2. The molecule has 55 heavy (non-hydrogen) atoms. The molecular formula is C53H36N2. The van der Waals surface area contributed by atoms with E-state index >= 15 is 0 Å². The molecule has 9 aromatic carbocycles. The van der Waals surface area contributed by atoms with Crippen LogP contribution in [0.3, 0.4) is 0 Å². The molecule has 0 spiro atoms. The van der Waals surface area contributed by atoms with Crippen molar-refractivity contribution in [2.75, 3.05) is 0 Å². The lowest BCUT2D eigenvalue weighted by atomic mass is 9.81. The minimum atomic E-state index is -0.0943. The summed E-state index contributed by atoms with van der Waals surface area (Å²) in [6, 6.07) is 66.0. The number of fused-ring (bicyclic) bond motifs is 7. The van der Waals surface area contributed by atoms with Crippen LogP contribution in [0.4, 0.5) is 0 Å². The summed E-state index contributed by atoms with van der Waals surface area (Å²) >= 11 is 0. The predicted molar refractivity (Wildman–Crippen MR) is 231 cm³/mol. The molecule has 10 aromatic rings. The first-order valence-electron chi connectivity index (χ1n) is 19.1. The van der Waals surface area contributed by atoms with E-state index in [1.807, 2.05) is 0 Å². The molecule has 0 aliphatic heterocycles. The monoisotopic (exact) mass is 700 g/mol. The van der Waals surface area contributed by atoms with Crippen molar-refractivity contribution in [2.45, 2.75) is 19.3 Å². The van der Waals surface area contributed by atoms with Crippen LogP contribution in [0.15, 0.2) is 182 Å². The molecule has 1 heterocycles. The summed E-state index contributed by atoms with van der Waals surface area (Å²) in [7, 11) is 0. The first-order chi connectivity index (χ1) is 27.0. The average Bonchev–Trinajstić information content (AvgIpc) is 3.46. The lowest BCUT2D eigenvalue weighted by Crippen LogP contribution is -2.14. The third-order valence-corrected chi connectivity index (χ3v) is 11.8. The Bertz CT molecular complexity index is 3080. The van der Waals surface area contributed by atoms with E-state index in [1.54, 1.807) is 0 Å². The van der Waals surface area contributed by atoms with Crippen LogP contribution >= 0.6 is 0 Å². The molecule has 2 heteroatoms. The zero-order valence-corrected chi connectivity index (χ0v) is 30.7. The number of benzene rings is 9. The van der Waals surface area contributed by atoms with Gasteiger partial charge >= 0.3 is 0 Å². The predicted octanol–water partition coefficient (Wildman–Crippen LogP) is 14.1. The van der Waals surface area contributed by atoms with Gasteiger partial charge in [0.1, 0.15) is 0 Å². The van der Waals surface area contributed by atoms with Gasteiger partial charge in [-0.1, -0.05) is 166 Å². The van der Waals surface area contributed by atoms with Crippen molar-refractivity contribution >= 4 is 43.1 Å². The van der Waals surface area contributed by atoms with Gasteiger partial charge in [0.25, 0.3) is 0 Å². The SMILES string of the molecule is CC1(C)c2cc3ccccc3cc2-c2c(-c3ccc4ccc(-c5nc(-c6cccc7ccccc67)cc(-c6cccc7ccccc67)n5)cc4c3)cccc21. The lowest BCUT2D eigenvalue weighted by Gasteiger charge is -2.22. The molecule has 258 valence electrons. The Morgan fingerprint density at radius 3 is 1.55 bits per heavy atom. The molecule has 1 aliphatic rings. The molecule has 0 saturated carbocycles. The minimum absolute atomic E-state index is 0.0943. The first kappa shape index (κ1) is 31.6. The number of rotatable bonds is 4. The molecular weight excluding hydrogens is 665 g/mol. The van der Waals surface area contributed by atoms with Gasteiger partial charge in [0.05, 0.1) is 11.4 Å². The highest BCUT2D eigenvalue weighted by molar-refractivity contribution is 6.02. The van der Waals surface area contributed by atoms with Gasteiger partial charge in [0.15, 0.2) is 5.82 Å². The van der Waals surface area contributed by atoms with Gasteiger partial charge in [0.2, 0.25) is 0 Å². The van der Waals surface area contributed by atoms with E-state index in [2.05, 4.69) is 196 Å². The van der Waals surface area contributed by atoms with Gasteiger partial charge in [-0.3, -0.25) is 0 Å². The molecule has 0 unspecified atom stereocenters. The fourth-order valence-electron chi connectivity index (χ4n) is 9.02. The first-order valence-corrected chi connectivity index (χ1v) is 19.1. The molecule has 0 amide bonds. The van der Waals surface area contributed by atoms with E-state index in [4.69, 9.17) is 9.97 Å². The number of hydrogen-bond donors (Lipinski definition) is 0. The minimum Gasteiger partial charge on any atom is -0.228 e. The lowest BCUT2D eigenvalue weighted by molar-refractivity contribution is 0.661. The smallest absolute Gasteiger partial charge is 0.160 e. The fraction of sp³-hybridized carbons (Fsp3) is 0.0566. The molecule has 0 atom stereocenters. The van der Waals surface area contributed by atoms with Crippen LogP contribution in [-0.4, -0.2) is 9.97 Å². The van der Waals surface area contributed by atoms with Gasteiger partial charge in [-0.25, -0.2) is 9.97 Å². The standard InChI is InChI=1S/C53H36N2/c1-53(2)47-23-11-20-43(51(47)46-30-36-14-3-4-15-37(36)31-48(46)53)38-26-24-33-25-27-39(29-40(33)28-38)52-54-49(44-21-9-16-34-12-5-7-18-41(34)44)32-50(55-52)45-22-10-17-35-13-6-8-19-42(35)45/h3-32H,1-2H3. The summed E-state index contributed by atoms with van der Waals surface area (Å²) in [4.78, 5) is 10.6. The molecule has 0 fully saturated rings. The second kappa shape index (κ2) is 12.1.